The smallest absolute Gasteiger partial charge is 0.234 e. The average Bonchev–Trinajstić information content (AvgIpc) is 2.28. The van der Waals surface area contributed by atoms with E-state index in [-0.39, 0.29) is 18.3 Å². The summed E-state index contributed by atoms with van der Waals surface area (Å²) in [5.74, 6) is -0.0189. The van der Waals surface area contributed by atoms with Gasteiger partial charge in [0, 0.05) is 0 Å². The fraction of sp³-hybridized carbons (Fsp3) is 0.167. The molecule has 2 aliphatic rings. The highest BCUT2D eigenvalue weighted by molar-refractivity contribution is 5.78. The van der Waals surface area contributed by atoms with Gasteiger partial charge in [-0.2, -0.15) is 5.06 Å². The molecule has 0 aromatic heterocycles. The standard InChI is InChI=1S/C6H7N3O3/c10-4-2-8-3-6(11)9(12)5(8)1-7-4/h1,3,11-12H,2H2,(H,7,10). The van der Waals surface area contributed by atoms with Gasteiger partial charge >= 0.3 is 0 Å². The molecule has 0 aromatic rings. The van der Waals surface area contributed by atoms with E-state index in [1.807, 2.05) is 0 Å². The van der Waals surface area contributed by atoms with Gasteiger partial charge in [-0.1, -0.05) is 0 Å². The van der Waals surface area contributed by atoms with Gasteiger partial charge in [0.1, 0.15) is 6.54 Å². The Kier molecular flexibility index (Phi) is 1.25. The molecule has 0 aliphatic carbocycles. The Balaban J connectivity index is 2.34. The molecule has 64 valence electrons. The molecule has 0 aromatic carbocycles. The highest BCUT2D eigenvalue weighted by atomic mass is 16.5. The van der Waals surface area contributed by atoms with Gasteiger partial charge in [0.05, 0.1) is 12.4 Å². The summed E-state index contributed by atoms with van der Waals surface area (Å²) in [6, 6.07) is 0. The van der Waals surface area contributed by atoms with Crippen LogP contribution in [-0.4, -0.2) is 37.8 Å². The van der Waals surface area contributed by atoms with E-state index in [4.69, 9.17) is 15.4 Å². The molecule has 0 unspecified atom stereocenters. The van der Waals surface area contributed by atoms with E-state index in [2.05, 4.69) is 4.99 Å². The highest BCUT2D eigenvalue weighted by Crippen LogP contribution is 2.23. The molecule has 2 heterocycles. The van der Waals surface area contributed by atoms with Gasteiger partial charge in [-0.05, 0) is 0 Å². The van der Waals surface area contributed by atoms with Crippen molar-refractivity contribution in [3.8, 4) is 0 Å². The summed E-state index contributed by atoms with van der Waals surface area (Å²) in [5, 5.41) is 27.7. The van der Waals surface area contributed by atoms with Crippen molar-refractivity contribution in [1.82, 2.24) is 9.96 Å². The lowest BCUT2D eigenvalue weighted by Crippen LogP contribution is -2.29. The van der Waals surface area contributed by atoms with Crippen molar-refractivity contribution in [2.45, 2.75) is 0 Å². The Labute approximate surface area is 67.9 Å². The van der Waals surface area contributed by atoms with Crippen LogP contribution in [0.2, 0.25) is 0 Å². The van der Waals surface area contributed by atoms with Crippen molar-refractivity contribution in [1.29, 1.82) is 0 Å². The summed E-state index contributed by atoms with van der Waals surface area (Å²) in [4.78, 5) is 5.05. The summed E-state index contributed by atoms with van der Waals surface area (Å²) < 4.78 is 0. The number of nitrogens with zero attached hydrogens (tertiary/aromatic N) is 3. The van der Waals surface area contributed by atoms with Crippen LogP contribution in [0.15, 0.2) is 29.1 Å². The van der Waals surface area contributed by atoms with Crippen molar-refractivity contribution in [3.63, 3.8) is 0 Å². The minimum Gasteiger partial charge on any atom is -0.495 e. The minimum atomic E-state index is -0.286. The third-order valence-electron chi connectivity index (χ3n) is 1.64. The Morgan fingerprint density at radius 2 is 2.17 bits per heavy atom. The number of aliphatic hydroxyl groups excluding tert-OH is 2. The molecular formula is C6H7N3O3. The van der Waals surface area contributed by atoms with Crippen LogP contribution in [0.1, 0.15) is 0 Å². The van der Waals surface area contributed by atoms with Crippen LogP contribution in [0.5, 0.6) is 0 Å². The van der Waals surface area contributed by atoms with Crippen LogP contribution < -0.4 is 0 Å². The largest absolute Gasteiger partial charge is 0.495 e. The Morgan fingerprint density at radius 1 is 1.42 bits per heavy atom. The number of fused-ring (bicyclic) bond motifs is 1. The summed E-state index contributed by atoms with van der Waals surface area (Å²) in [7, 11) is 0. The van der Waals surface area contributed by atoms with Crippen LogP contribution in [-0.2, 0) is 0 Å². The molecule has 0 radical (unpaired) electrons. The third-order valence-corrected chi connectivity index (χ3v) is 1.64. The number of hydrogen-bond acceptors (Lipinski definition) is 5. The first-order valence-electron chi connectivity index (χ1n) is 3.31. The SMILES string of the molecule is OC1=CN2CC(O)=NC=C2N1O. The Morgan fingerprint density at radius 3 is 2.92 bits per heavy atom. The van der Waals surface area contributed by atoms with Crippen molar-refractivity contribution in [3.05, 3.63) is 24.1 Å². The van der Waals surface area contributed by atoms with Crippen LogP contribution in [0.3, 0.4) is 0 Å². The molecule has 0 spiro atoms. The van der Waals surface area contributed by atoms with Gasteiger partial charge in [-0.15, -0.1) is 0 Å². The Hall–Kier alpha value is -1.69. The van der Waals surface area contributed by atoms with Crippen molar-refractivity contribution in [2.24, 2.45) is 4.99 Å². The highest BCUT2D eigenvalue weighted by Gasteiger charge is 2.28. The quantitative estimate of drug-likeness (QED) is 0.480. The second kappa shape index (κ2) is 2.15. The monoisotopic (exact) mass is 169 g/mol. The lowest BCUT2D eigenvalue weighted by Gasteiger charge is -2.21. The maximum Gasteiger partial charge on any atom is 0.234 e. The molecule has 2 aliphatic heterocycles. The van der Waals surface area contributed by atoms with Gasteiger partial charge in [0.15, 0.2) is 5.82 Å². The van der Waals surface area contributed by atoms with Crippen LogP contribution in [0.25, 0.3) is 0 Å². The van der Waals surface area contributed by atoms with Gasteiger partial charge in [0.25, 0.3) is 0 Å². The fourth-order valence-electron chi connectivity index (χ4n) is 1.08. The Bertz CT molecular complexity index is 307. The van der Waals surface area contributed by atoms with E-state index in [9.17, 15) is 0 Å². The van der Waals surface area contributed by atoms with Gasteiger partial charge in [-0.25, -0.2) is 4.99 Å². The predicted molar refractivity (Wildman–Crippen MR) is 39.2 cm³/mol. The normalized spacial score (nSPS) is 21.6. The van der Waals surface area contributed by atoms with Crippen molar-refractivity contribution in [2.75, 3.05) is 6.54 Å². The molecule has 0 saturated heterocycles. The lowest BCUT2D eigenvalue weighted by atomic mass is 10.5. The average molecular weight is 169 g/mol. The predicted octanol–water partition coefficient (Wildman–Crippen LogP) is 0.119. The molecule has 2 rings (SSSR count). The molecule has 0 bridgehead atoms. The molecule has 6 heteroatoms. The number of hydroxylamine groups is 2. The lowest BCUT2D eigenvalue weighted by molar-refractivity contribution is -0.0621. The molecule has 6 nitrogen and oxygen atoms in total. The van der Waals surface area contributed by atoms with Gasteiger partial charge in [0.2, 0.25) is 11.8 Å². The van der Waals surface area contributed by atoms with Crippen LogP contribution >= 0.6 is 0 Å². The van der Waals surface area contributed by atoms with E-state index in [1.54, 1.807) is 0 Å². The second-order valence-electron chi connectivity index (χ2n) is 2.46. The maximum atomic E-state index is 9.13. The molecule has 3 N–H and O–H groups in total. The van der Waals surface area contributed by atoms with E-state index in [0.717, 1.165) is 0 Å². The molecule has 12 heavy (non-hydrogen) atoms. The number of hydrogen-bond donors (Lipinski definition) is 3. The first kappa shape index (κ1) is 6.99. The first-order chi connectivity index (χ1) is 5.68. The van der Waals surface area contributed by atoms with E-state index >= 15 is 0 Å². The molecule has 0 atom stereocenters. The zero-order valence-corrected chi connectivity index (χ0v) is 6.05. The van der Waals surface area contributed by atoms with Crippen molar-refractivity contribution >= 4 is 5.90 Å². The number of aliphatic imine (C=N–C) groups is 1. The maximum absolute atomic E-state index is 9.13. The zero-order valence-electron chi connectivity index (χ0n) is 6.05. The molecule has 0 fully saturated rings. The van der Waals surface area contributed by atoms with Crippen LogP contribution in [0.4, 0.5) is 0 Å². The number of aliphatic hydroxyl groups is 2. The topological polar surface area (TPSA) is 79.5 Å². The minimum absolute atomic E-state index is 0.0573. The summed E-state index contributed by atoms with van der Waals surface area (Å²) in [5.41, 5.74) is 0. The van der Waals surface area contributed by atoms with Gasteiger partial charge < -0.3 is 15.1 Å². The molecule has 0 amide bonds. The van der Waals surface area contributed by atoms with E-state index < -0.39 is 0 Å². The fourth-order valence-corrected chi connectivity index (χ4v) is 1.08. The van der Waals surface area contributed by atoms with Crippen molar-refractivity contribution < 1.29 is 15.4 Å². The third kappa shape index (κ3) is 0.817. The summed E-state index contributed by atoms with van der Waals surface area (Å²) in [6.45, 7) is 0.160. The zero-order chi connectivity index (χ0) is 8.72. The second-order valence-corrected chi connectivity index (χ2v) is 2.46. The molecule has 0 saturated carbocycles. The van der Waals surface area contributed by atoms with Gasteiger partial charge in [-0.3, -0.25) is 5.21 Å². The van der Waals surface area contributed by atoms with Crippen LogP contribution in [0, 0.1) is 0 Å². The molecular weight excluding hydrogens is 162 g/mol. The van der Waals surface area contributed by atoms with E-state index in [0.29, 0.717) is 10.9 Å². The first-order valence-corrected chi connectivity index (χ1v) is 3.31. The summed E-state index contributed by atoms with van der Waals surface area (Å²) >= 11 is 0. The van der Waals surface area contributed by atoms with E-state index in [1.165, 1.54) is 17.3 Å². The number of rotatable bonds is 0. The summed E-state index contributed by atoms with van der Waals surface area (Å²) in [6.07, 6.45) is 2.56.